The highest BCUT2D eigenvalue weighted by Gasteiger charge is 2.20. The van der Waals surface area contributed by atoms with Gasteiger partial charge in [-0.2, -0.15) is 5.10 Å². The van der Waals surface area contributed by atoms with E-state index < -0.39 is 15.8 Å². The van der Waals surface area contributed by atoms with Crippen molar-refractivity contribution in [3.8, 4) is 0 Å². The molecule has 1 N–H and O–H groups in total. The van der Waals surface area contributed by atoms with Gasteiger partial charge in [-0.05, 0) is 43.2 Å². The van der Waals surface area contributed by atoms with E-state index >= 15 is 0 Å². The van der Waals surface area contributed by atoms with E-state index in [2.05, 4.69) is 9.82 Å². The molecule has 0 atom stereocenters. The first-order chi connectivity index (χ1) is 9.31. The molecule has 0 aliphatic heterocycles. The van der Waals surface area contributed by atoms with Crippen LogP contribution in [-0.4, -0.2) is 18.2 Å². The predicted octanol–water partition coefficient (Wildman–Crippen LogP) is 1.65. The van der Waals surface area contributed by atoms with E-state index in [0.717, 1.165) is 5.69 Å². The van der Waals surface area contributed by atoms with Crippen molar-refractivity contribution in [1.82, 2.24) is 14.5 Å². The number of nitrogens with one attached hydrogen (secondary N) is 1. The second-order valence-electron chi connectivity index (χ2n) is 4.64. The van der Waals surface area contributed by atoms with Crippen LogP contribution in [0.1, 0.15) is 16.8 Å². The van der Waals surface area contributed by atoms with Crippen molar-refractivity contribution in [1.29, 1.82) is 0 Å². The number of hydrogen-bond acceptors (Lipinski definition) is 3. The average molecular weight is 297 g/mol. The van der Waals surface area contributed by atoms with E-state index in [9.17, 15) is 12.8 Å². The average Bonchev–Trinajstić information content (AvgIpc) is 2.70. The van der Waals surface area contributed by atoms with Crippen LogP contribution < -0.4 is 4.72 Å². The van der Waals surface area contributed by atoms with Gasteiger partial charge in [0.25, 0.3) is 0 Å². The normalized spacial score (nSPS) is 11.8. The molecular formula is C13H16FN3O2S. The summed E-state index contributed by atoms with van der Waals surface area (Å²) in [5, 5.41) is 3.97. The zero-order chi connectivity index (χ0) is 14.9. The van der Waals surface area contributed by atoms with E-state index in [0.29, 0.717) is 11.1 Å². The molecule has 2 rings (SSSR count). The Labute approximate surface area is 117 Å². The number of sulfonamides is 1. The van der Waals surface area contributed by atoms with Gasteiger partial charge in [-0.3, -0.25) is 4.68 Å². The maximum absolute atomic E-state index is 13.2. The highest BCUT2D eigenvalue weighted by Crippen LogP contribution is 2.21. The lowest BCUT2D eigenvalue weighted by Crippen LogP contribution is -2.26. The zero-order valence-electron chi connectivity index (χ0n) is 11.5. The molecule has 0 spiro atoms. The maximum atomic E-state index is 13.2. The Balaban J connectivity index is 2.30. The van der Waals surface area contributed by atoms with E-state index in [1.807, 2.05) is 0 Å². The van der Waals surface area contributed by atoms with Gasteiger partial charge in [-0.15, -0.1) is 0 Å². The molecule has 2 aromatic rings. The van der Waals surface area contributed by atoms with Crippen LogP contribution in [-0.2, 0) is 23.6 Å². The van der Waals surface area contributed by atoms with Gasteiger partial charge in [0.2, 0.25) is 10.0 Å². The van der Waals surface area contributed by atoms with Crippen LogP contribution in [0.3, 0.4) is 0 Å². The Morgan fingerprint density at radius 2 is 1.90 bits per heavy atom. The quantitative estimate of drug-likeness (QED) is 0.933. The summed E-state index contributed by atoms with van der Waals surface area (Å²) >= 11 is 0. The third-order valence-corrected chi connectivity index (χ3v) is 4.77. The van der Waals surface area contributed by atoms with Gasteiger partial charge in [-0.25, -0.2) is 17.5 Å². The summed E-state index contributed by atoms with van der Waals surface area (Å²) in [4.78, 5) is 0.126. The Morgan fingerprint density at radius 3 is 2.40 bits per heavy atom. The first-order valence-electron chi connectivity index (χ1n) is 6.04. The number of halogens is 1. The van der Waals surface area contributed by atoms with Crippen molar-refractivity contribution >= 4 is 10.0 Å². The maximum Gasteiger partial charge on any atom is 0.241 e. The number of nitrogens with zero attached hydrogens (tertiary/aromatic N) is 2. The molecular weight excluding hydrogens is 281 g/mol. The summed E-state index contributed by atoms with van der Waals surface area (Å²) < 4.78 is 42.0. The molecule has 1 heterocycles. The SMILES string of the molecule is Cc1cc(F)cc(C)c1S(=O)(=O)NCc1ccnn1C. The van der Waals surface area contributed by atoms with Gasteiger partial charge in [0.05, 0.1) is 17.1 Å². The van der Waals surface area contributed by atoms with Crippen LogP contribution in [0.2, 0.25) is 0 Å². The largest absolute Gasteiger partial charge is 0.271 e. The summed E-state index contributed by atoms with van der Waals surface area (Å²) in [6.45, 7) is 3.29. The van der Waals surface area contributed by atoms with Crippen LogP contribution in [0.5, 0.6) is 0 Å². The third kappa shape index (κ3) is 2.88. The Bertz CT molecular complexity index is 715. The second-order valence-corrected chi connectivity index (χ2v) is 6.34. The predicted molar refractivity (Wildman–Crippen MR) is 73.1 cm³/mol. The molecule has 0 unspecified atom stereocenters. The van der Waals surface area contributed by atoms with Crippen LogP contribution in [0, 0.1) is 19.7 Å². The Kier molecular flexibility index (Phi) is 3.92. The monoisotopic (exact) mass is 297 g/mol. The van der Waals surface area contributed by atoms with E-state index in [1.54, 1.807) is 37.8 Å². The van der Waals surface area contributed by atoms with Crippen molar-refractivity contribution in [2.45, 2.75) is 25.3 Å². The first kappa shape index (κ1) is 14.7. The second kappa shape index (κ2) is 5.34. The minimum absolute atomic E-state index is 0.126. The lowest BCUT2D eigenvalue weighted by Gasteiger charge is -2.12. The van der Waals surface area contributed by atoms with Crippen molar-refractivity contribution in [2.24, 2.45) is 7.05 Å². The van der Waals surface area contributed by atoms with Crippen LogP contribution in [0.15, 0.2) is 29.3 Å². The smallest absolute Gasteiger partial charge is 0.241 e. The topological polar surface area (TPSA) is 64.0 Å². The fraction of sp³-hybridized carbons (Fsp3) is 0.308. The fourth-order valence-corrected chi connectivity index (χ4v) is 3.59. The molecule has 0 bridgehead atoms. The molecule has 108 valence electrons. The number of benzene rings is 1. The zero-order valence-corrected chi connectivity index (χ0v) is 12.3. The van der Waals surface area contributed by atoms with Gasteiger partial charge < -0.3 is 0 Å². The molecule has 0 saturated heterocycles. The van der Waals surface area contributed by atoms with Gasteiger partial charge in [0.1, 0.15) is 5.82 Å². The summed E-state index contributed by atoms with van der Waals surface area (Å²) in [5.74, 6) is -0.439. The highest BCUT2D eigenvalue weighted by molar-refractivity contribution is 7.89. The van der Waals surface area contributed by atoms with E-state index in [1.165, 1.54) is 12.1 Å². The molecule has 0 aliphatic rings. The van der Waals surface area contributed by atoms with Gasteiger partial charge in [-0.1, -0.05) is 0 Å². The first-order valence-corrected chi connectivity index (χ1v) is 7.53. The Hall–Kier alpha value is -1.73. The molecule has 0 fully saturated rings. The molecule has 5 nitrogen and oxygen atoms in total. The Morgan fingerprint density at radius 1 is 1.30 bits per heavy atom. The molecule has 0 saturated carbocycles. The van der Waals surface area contributed by atoms with Crippen LogP contribution >= 0.6 is 0 Å². The molecule has 0 radical (unpaired) electrons. The molecule has 20 heavy (non-hydrogen) atoms. The molecule has 0 aliphatic carbocycles. The van der Waals surface area contributed by atoms with Crippen LogP contribution in [0.25, 0.3) is 0 Å². The van der Waals surface area contributed by atoms with Crippen molar-refractivity contribution < 1.29 is 12.8 Å². The summed E-state index contributed by atoms with van der Waals surface area (Å²) in [6, 6.07) is 4.16. The van der Waals surface area contributed by atoms with Crippen molar-refractivity contribution in [2.75, 3.05) is 0 Å². The highest BCUT2D eigenvalue weighted by atomic mass is 32.2. The van der Waals surface area contributed by atoms with Gasteiger partial charge in [0.15, 0.2) is 0 Å². The molecule has 1 aromatic heterocycles. The van der Waals surface area contributed by atoms with Crippen molar-refractivity contribution in [3.63, 3.8) is 0 Å². The fourth-order valence-electron chi connectivity index (χ4n) is 2.14. The van der Waals surface area contributed by atoms with Gasteiger partial charge in [0, 0.05) is 13.2 Å². The molecule has 1 aromatic carbocycles. The summed E-state index contributed by atoms with van der Waals surface area (Å²) in [5.41, 5.74) is 1.52. The lowest BCUT2D eigenvalue weighted by atomic mass is 10.1. The minimum atomic E-state index is -3.69. The molecule has 0 amide bonds. The number of hydrogen-bond donors (Lipinski definition) is 1. The molecule has 7 heteroatoms. The van der Waals surface area contributed by atoms with E-state index in [4.69, 9.17) is 0 Å². The standard InChI is InChI=1S/C13H16FN3O2S/c1-9-6-11(14)7-10(2)13(9)20(18,19)16-8-12-4-5-15-17(12)3/h4-7,16H,8H2,1-3H3. The lowest BCUT2D eigenvalue weighted by molar-refractivity contribution is 0.574. The third-order valence-electron chi connectivity index (χ3n) is 3.06. The number of aromatic nitrogens is 2. The minimum Gasteiger partial charge on any atom is -0.271 e. The van der Waals surface area contributed by atoms with E-state index in [-0.39, 0.29) is 11.4 Å². The number of aryl methyl sites for hydroxylation is 3. The summed E-state index contributed by atoms with van der Waals surface area (Å²) in [7, 11) is -1.95. The number of rotatable bonds is 4. The van der Waals surface area contributed by atoms with Gasteiger partial charge >= 0.3 is 0 Å². The van der Waals surface area contributed by atoms with Crippen molar-refractivity contribution in [3.05, 3.63) is 47.0 Å². The summed E-state index contributed by atoms with van der Waals surface area (Å²) in [6.07, 6.45) is 1.60. The van der Waals surface area contributed by atoms with Crippen LogP contribution in [0.4, 0.5) is 4.39 Å².